The Morgan fingerprint density at radius 2 is 2.09 bits per heavy atom. The van der Waals surface area contributed by atoms with Crippen LogP contribution in [0.15, 0.2) is 12.3 Å². The van der Waals surface area contributed by atoms with Gasteiger partial charge in [0.05, 0.1) is 0 Å². The molecule has 0 radical (unpaired) electrons. The summed E-state index contributed by atoms with van der Waals surface area (Å²) < 4.78 is 0. The lowest BCUT2D eigenvalue weighted by atomic mass is 10.3. The second-order valence-electron chi connectivity index (χ2n) is 2.53. The summed E-state index contributed by atoms with van der Waals surface area (Å²) in [4.78, 5) is 12.6. The van der Waals surface area contributed by atoms with Crippen LogP contribution in [0.3, 0.4) is 0 Å². The highest BCUT2D eigenvalue weighted by Crippen LogP contribution is 1.94. The van der Waals surface area contributed by atoms with Crippen molar-refractivity contribution in [3.63, 3.8) is 0 Å². The van der Waals surface area contributed by atoms with E-state index in [-0.39, 0.29) is 5.91 Å². The molecule has 0 aliphatic heterocycles. The Labute approximate surface area is 68.9 Å². The van der Waals surface area contributed by atoms with E-state index in [0.29, 0.717) is 6.42 Å². The fourth-order valence-corrected chi connectivity index (χ4v) is 0.732. The van der Waals surface area contributed by atoms with Crippen molar-refractivity contribution in [2.75, 3.05) is 7.05 Å². The second-order valence-corrected chi connectivity index (χ2v) is 2.53. The van der Waals surface area contributed by atoms with Crippen LogP contribution in [0.4, 0.5) is 0 Å². The summed E-state index contributed by atoms with van der Waals surface area (Å²) in [5, 5.41) is 0. The molecule has 0 fully saturated rings. The Hall–Kier alpha value is -0.790. The largest absolute Gasteiger partial charge is 0.322 e. The Morgan fingerprint density at radius 3 is 2.55 bits per heavy atom. The first-order valence-corrected chi connectivity index (χ1v) is 4.14. The van der Waals surface area contributed by atoms with Crippen LogP contribution >= 0.6 is 0 Å². The number of carbonyl (C=O) groups is 1. The molecule has 0 atom stereocenters. The van der Waals surface area contributed by atoms with Crippen molar-refractivity contribution in [2.24, 2.45) is 0 Å². The molecule has 0 unspecified atom stereocenters. The van der Waals surface area contributed by atoms with Crippen LogP contribution in [0.25, 0.3) is 0 Å². The third kappa shape index (κ3) is 4.59. The van der Waals surface area contributed by atoms with Gasteiger partial charge in [-0.1, -0.05) is 26.3 Å². The van der Waals surface area contributed by atoms with Crippen molar-refractivity contribution in [1.29, 1.82) is 0 Å². The SMILES string of the molecule is CCC/C=C\N(C)C(=O)CC. The molecule has 0 rings (SSSR count). The van der Waals surface area contributed by atoms with Gasteiger partial charge in [-0.3, -0.25) is 4.79 Å². The molecule has 0 aromatic heterocycles. The van der Waals surface area contributed by atoms with Crippen LogP contribution in [0.2, 0.25) is 0 Å². The quantitative estimate of drug-likeness (QED) is 0.609. The van der Waals surface area contributed by atoms with E-state index in [1.165, 1.54) is 0 Å². The van der Waals surface area contributed by atoms with Crippen molar-refractivity contribution in [2.45, 2.75) is 33.1 Å². The number of allylic oxidation sites excluding steroid dienone is 1. The average molecular weight is 155 g/mol. The predicted molar refractivity (Wildman–Crippen MR) is 47.1 cm³/mol. The first-order valence-electron chi connectivity index (χ1n) is 4.14. The minimum absolute atomic E-state index is 0.164. The first kappa shape index (κ1) is 10.2. The normalized spacial score (nSPS) is 10.5. The van der Waals surface area contributed by atoms with Gasteiger partial charge in [-0.15, -0.1) is 0 Å². The van der Waals surface area contributed by atoms with Crippen molar-refractivity contribution in [1.82, 2.24) is 4.90 Å². The van der Waals surface area contributed by atoms with E-state index in [2.05, 4.69) is 6.92 Å². The maximum Gasteiger partial charge on any atom is 0.225 e. The first-order chi connectivity index (χ1) is 5.22. The summed E-state index contributed by atoms with van der Waals surface area (Å²) in [7, 11) is 1.79. The predicted octanol–water partition coefficient (Wildman–Crippen LogP) is 2.17. The fraction of sp³-hybridized carbons (Fsp3) is 0.667. The zero-order valence-electron chi connectivity index (χ0n) is 7.63. The standard InChI is InChI=1S/C9H17NO/c1-4-6-7-8-10(3)9(11)5-2/h7-8H,4-6H2,1-3H3/b8-7-. The molecule has 0 aliphatic rings. The van der Waals surface area contributed by atoms with Crippen LogP contribution in [0.1, 0.15) is 33.1 Å². The number of amides is 1. The van der Waals surface area contributed by atoms with Gasteiger partial charge < -0.3 is 4.90 Å². The maximum atomic E-state index is 11.0. The van der Waals surface area contributed by atoms with Crippen molar-refractivity contribution in [3.05, 3.63) is 12.3 Å². The van der Waals surface area contributed by atoms with Crippen molar-refractivity contribution >= 4 is 5.91 Å². The summed E-state index contributed by atoms with van der Waals surface area (Å²) in [6, 6.07) is 0. The molecule has 0 heterocycles. The molecule has 0 aromatic rings. The zero-order valence-corrected chi connectivity index (χ0v) is 7.63. The monoisotopic (exact) mass is 155 g/mol. The van der Waals surface area contributed by atoms with E-state index < -0.39 is 0 Å². The summed E-state index contributed by atoms with van der Waals surface area (Å²) in [5.41, 5.74) is 0. The highest BCUT2D eigenvalue weighted by molar-refractivity contribution is 5.76. The van der Waals surface area contributed by atoms with Gasteiger partial charge in [0.1, 0.15) is 0 Å². The van der Waals surface area contributed by atoms with E-state index in [1.807, 2.05) is 19.2 Å². The molecule has 0 N–H and O–H groups in total. The van der Waals surface area contributed by atoms with Gasteiger partial charge in [0.15, 0.2) is 0 Å². The van der Waals surface area contributed by atoms with Gasteiger partial charge in [0, 0.05) is 19.7 Å². The molecular formula is C9H17NO. The third-order valence-corrected chi connectivity index (χ3v) is 1.48. The number of nitrogens with zero attached hydrogens (tertiary/aromatic N) is 1. The van der Waals surface area contributed by atoms with Gasteiger partial charge in [0.2, 0.25) is 5.91 Å². The lowest BCUT2D eigenvalue weighted by Gasteiger charge is -2.09. The molecule has 0 spiro atoms. The van der Waals surface area contributed by atoms with Crippen LogP contribution in [-0.4, -0.2) is 17.9 Å². The lowest BCUT2D eigenvalue weighted by molar-refractivity contribution is -0.127. The smallest absolute Gasteiger partial charge is 0.225 e. The van der Waals surface area contributed by atoms with Gasteiger partial charge in [-0.25, -0.2) is 0 Å². The van der Waals surface area contributed by atoms with Crippen LogP contribution in [0, 0.1) is 0 Å². The topological polar surface area (TPSA) is 20.3 Å². The Bertz CT molecular complexity index is 140. The van der Waals surface area contributed by atoms with E-state index in [4.69, 9.17) is 0 Å². The average Bonchev–Trinajstić information content (AvgIpc) is 2.03. The van der Waals surface area contributed by atoms with Gasteiger partial charge in [0.25, 0.3) is 0 Å². The summed E-state index contributed by atoms with van der Waals surface area (Å²) in [5.74, 6) is 0.164. The Morgan fingerprint density at radius 1 is 1.45 bits per heavy atom. The van der Waals surface area contributed by atoms with Crippen LogP contribution < -0.4 is 0 Å². The minimum Gasteiger partial charge on any atom is -0.322 e. The van der Waals surface area contributed by atoms with Crippen molar-refractivity contribution < 1.29 is 4.79 Å². The van der Waals surface area contributed by atoms with E-state index >= 15 is 0 Å². The molecule has 0 aliphatic carbocycles. The number of rotatable bonds is 4. The summed E-state index contributed by atoms with van der Waals surface area (Å²) in [6.07, 6.45) is 6.61. The van der Waals surface area contributed by atoms with Gasteiger partial charge >= 0.3 is 0 Å². The molecule has 64 valence electrons. The number of hydrogen-bond donors (Lipinski definition) is 0. The molecule has 2 heteroatoms. The highest BCUT2D eigenvalue weighted by atomic mass is 16.2. The van der Waals surface area contributed by atoms with Crippen LogP contribution in [0.5, 0.6) is 0 Å². The van der Waals surface area contributed by atoms with Gasteiger partial charge in [-0.2, -0.15) is 0 Å². The van der Waals surface area contributed by atoms with Crippen molar-refractivity contribution in [3.8, 4) is 0 Å². The molecule has 0 saturated heterocycles. The summed E-state index contributed by atoms with van der Waals surface area (Å²) >= 11 is 0. The second kappa shape index (κ2) is 5.96. The Balaban J connectivity index is 3.66. The summed E-state index contributed by atoms with van der Waals surface area (Å²) in [6.45, 7) is 3.98. The fourth-order valence-electron chi connectivity index (χ4n) is 0.732. The molecule has 11 heavy (non-hydrogen) atoms. The number of hydrogen-bond acceptors (Lipinski definition) is 1. The number of carbonyl (C=O) groups excluding carboxylic acids is 1. The highest BCUT2D eigenvalue weighted by Gasteiger charge is 1.99. The minimum atomic E-state index is 0.164. The van der Waals surface area contributed by atoms with E-state index in [1.54, 1.807) is 11.9 Å². The zero-order chi connectivity index (χ0) is 8.69. The van der Waals surface area contributed by atoms with E-state index in [9.17, 15) is 4.79 Å². The number of unbranched alkanes of at least 4 members (excludes halogenated alkanes) is 1. The maximum absolute atomic E-state index is 11.0. The van der Waals surface area contributed by atoms with Crippen LogP contribution in [-0.2, 0) is 4.79 Å². The van der Waals surface area contributed by atoms with E-state index in [0.717, 1.165) is 12.8 Å². The molecule has 2 nitrogen and oxygen atoms in total. The lowest BCUT2D eigenvalue weighted by Crippen LogP contribution is -2.19. The molecule has 0 saturated carbocycles. The molecule has 0 bridgehead atoms. The molecule has 0 aromatic carbocycles. The molecule has 1 amide bonds. The molecular weight excluding hydrogens is 138 g/mol. The third-order valence-electron chi connectivity index (χ3n) is 1.48. The van der Waals surface area contributed by atoms with Gasteiger partial charge in [-0.05, 0) is 6.42 Å². The Kier molecular flexibility index (Phi) is 5.53.